The molecule has 0 aromatic heterocycles. The summed E-state index contributed by atoms with van der Waals surface area (Å²) in [5.74, 6) is 4.99. The Balaban J connectivity index is 1.53. The molecule has 0 bridgehead atoms. The molecule has 0 spiro atoms. The molecule has 5 aliphatic rings. The zero-order chi connectivity index (χ0) is 20.9. The van der Waals surface area contributed by atoms with Gasteiger partial charge in [0.2, 0.25) is 0 Å². The van der Waals surface area contributed by atoms with Crippen molar-refractivity contribution in [3.05, 3.63) is 0 Å². The second-order valence-electron chi connectivity index (χ2n) is 14.3. The van der Waals surface area contributed by atoms with Crippen LogP contribution in [0.5, 0.6) is 0 Å². The van der Waals surface area contributed by atoms with Crippen LogP contribution < -0.4 is 0 Å². The Morgan fingerprint density at radius 1 is 0.586 bits per heavy atom. The van der Waals surface area contributed by atoms with Gasteiger partial charge >= 0.3 is 0 Å². The summed E-state index contributed by atoms with van der Waals surface area (Å²) >= 11 is 0. The maximum atomic E-state index is 2.81. The highest BCUT2D eigenvalue weighted by molar-refractivity contribution is 5.18. The van der Waals surface area contributed by atoms with Gasteiger partial charge in [-0.25, -0.2) is 0 Å². The molecule has 5 saturated carbocycles. The fourth-order valence-corrected chi connectivity index (χ4v) is 11.9. The minimum atomic E-state index is 0.565. The van der Waals surface area contributed by atoms with Crippen molar-refractivity contribution in [3.8, 4) is 0 Å². The van der Waals surface area contributed by atoms with E-state index in [-0.39, 0.29) is 0 Å². The van der Waals surface area contributed by atoms with E-state index in [1.165, 1.54) is 64.2 Å². The van der Waals surface area contributed by atoms with E-state index in [2.05, 4.69) is 48.5 Å². The Morgan fingerprint density at radius 3 is 1.86 bits per heavy atom. The lowest BCUT2D eigenvalue weighted by atomic mass is 9.32. The zero-order valence-electron chi connectivity index (χ0n) is 20.9. The molecule has 0 aliphatic heterocycles. The van der Waals surface area contributed by atoms with Gasteiger partial charge in [-0.15, -0.1) is 0 Å². The molecule has 0 saturated heterocycles. The molecule has 5 rings (SSSR count). The van der Waals surface area contributed by atoms with Crippen LogP contribution in [0.15, 0.2) is 0 Å². The van der Waals surface area contributed by atoms with Crippen molar-refractivity contribution in [3.63, 3.8) is 0 Å². The summed E-state index contributed by atoms with van der Waals surface area (Å²) < 4.78 is 0. The molecule has 5 aliphatic carbocycles. The van der Waals surface area contributed by atoms with E-state index in [4.69, 9.17) is 0 Å². The highest BCUT2D eigenvalue weighted by Crippen LogP contribution is 2.77. The van der Waals surface area contributed by atoms with E-state index >= 15 is 0 Å². The summed E-state index contributed by atoms with van der Waals surface area (Å²) in [4.78, 5) is 0. The van der Waals surface area contributed by atoms with Crippen LogP contribution in [-0.2, 0) is 0 Å². The lowest BCUT2D eigenvalue weighted by molar-refractivity contribution is -0.241. The topological polar surface area (TPSA) is 0 Å². The summed E-state index contributed by atoms with van der Waals surface area (Å²) in [5.41, 5.74) is 2.97. The molecule has 29 heavy (non-hydrogen) atoms. The van der Waals surface area contributed by atoms with Crippen molar-refractivity contribution in [2.75, 3.05) is 0 Å². The zero-order valence-corrected chi connectivity index (χ0v) is 20.9. The van der Waals surface area contributed by atoms with E-state index in [9.17, 15) is 0 Å². The average Bonchev–Trinajstić information content (AvgIpc) is 2.98. The van der Waals surface area contributed by atoms with Gasteiger partial charge in [0.05, 0.1) is 0 Å². The third kappa shape index (κ3) is 2.44. The standard InChI is InChI=1S/C29H50/c1-8-20-12-17-26(4)21(20)13-18-28(6)23(26)10-11-24-27(5)16-9-15-25(2,3)22(27)14-19-29(24,28)7/h20-24H,8-19H2,1-7H3/t20?,21-,22?,23?,24?,26-,27-,28+,29+/m0/s1. The minimum Gasteiger partial charge on any atom is -0.0651 e. The summed E-state index contributed by atoms with van der Waals surface area (Å²) in [7, 11) is 0. The lowest BCUT2D eigenvalue weighted by Crippen LogP contribution is -2.65. The van der Waals surface area contributed by atoms with Crippen LogP contribution in [0.3, 0.4) is 0 Å². The van der Waals surface area contributed by atoms with Gasteiger partial charge in [0.25, 0.3) is 0 Å². The van der Waals surface area contributed by atoms with Crippen LogP contribution in [0, 0.1) is 56.7 Å². The van der Waals surface area contributed by atoms with E-state index < -0.39 is 0 Å². The molecule has 4 unspecified atom stereocenters. The third-order valence-electron chi connectivity index (χ3n) is 13.4. The van der Waals surface area contributed by atoms with Gasteiger partial charge in [-0.1, -0.05) is 61.3 Å². The molecule has 5 fully saturated rings. The average molecular weight is 399 g/mol. The number of hydrogen-bond donors (Lipinski definition) is 0. The first-order chi connectivity index (χ1) is 13.5. The maximum absolute atomic E-state index is 2.81. The van der Waals surface area contributed by atoms with E-state index in [0.717, 1.165) is 29.6 Å². The van der Waals surface area contributed by atoms with Crippen LogP contribution in [0.2, 0.25) is 0 Å². The normalized spacial score (nSPS) is 58.7. The van der Waals surface area contributed by atoms with Gasteiger partial charge < -0.3 is 0 Å². The van der Waals surface area contributed by atoms with E-state index in [0.29, 0.717) is 27.1 Å². The SMILES string of the molecule is CCC1CC[C@]2(C)C3CCC4[C@@]5(C)CCCC(C)(C)C5CC[C@@]4(C)[C@]3(C)CC[C@@H]12. The van der Waals surface area contributed by atoms with Crippen molar-refractivity contribution in [1.29, 1.82) is 0 Å². The highest BCUT2D eigenvalue weighted by Gasteiger charge is 2.69. The largest absolute Gasteiger partial charge is 0.0651 e. The Labute approximate surface area is 182 Å². The van der Waals surface area contributed by atoms with Gasteiger partial charge in [-0.05, 0) is 121 Å². The molecule has 166 valence electrons. The molecule has 0 N–H and O–H groups in total. The Morgan fingerprint density at radius 2 is 1.21 bits per heavy atom. The van der Waals surface area contributed by atoms with Gasteiger partial charge in [-0.2, -0.15) is 0 Å². The van der Waals surface area contributed by atoms with Crippen LogP contribution in [0.1, 0.15) is 126 Å². The van der Waals surface area contributed by atoms with Crippen LogP contribution in [0.25, 0.3) is 0 Å². The molecular formula is C29H50. The first kappa shape index (κ1) is 20.9. The van der Waals surface area contributed by atoms with Crippen molar-refractivity contribution in [2.24, 2.45) is 56.7 Å². The number of rotatable bonds is 1. The summed E-state index contributed by atoms with van der Waals surface area (Å²) in [6.45, 7) is 18.8. The first-order valence-corrected chi connectivity index (χ1v) is 13.5. The fourth-order valence-electron chi connectivity index (χ4n) is 11.9. The minimum absolute atomic E-state index is 0.565. The van der Waals surface area contributed by atoms with Crippen LogP contribution in [-0.4, -0.2) is 0 Å². The van der Waals surface area contributed by atoms with Crippen LogP contribution in [0.4, 0.5) is 0 Å². The fraction of sp³-hybridized carbons (Fsp3) is 1.00. The van der Waals surface area contributed by atoms with Crippen molar-refractivity contribution >= 4 is 0 Å². The summed E-state index contributed by atoms with van der Waals surface area (Å²) in [5, 5.41) is 0. The molecule has 0 nitrogen and oxygen atoms in total. The quantitative estimate of drug-likeness (QED) is 0.413. The van der Waals surface area contributed by atoms with Gasteiger partial charge in [-0.3, -0.25) is 0 Å². The van der Waals surface area contributed by atoms with Crippen LogP contribution >= 0.6 is 0 Å². The molecule has 0 amide bonds. The molecule has 0 aromatic carbocycles. The van der Waals surface area contributed by atoms with Crippen molar-refractivity contribution in [1.82, 2.24) is 0 Å². The molecule has 0 radical (unpaired) electrons. The molecule has 0 heterocycles. The maximum Gasteiger partial charge on any atom is -0.0235 e. The smallest absolute Gasteiger partial charge is 0.0235 e. The van der Waals surface area contributed by atoms with Gasteiger partial charge in [0, 0.05) is 0 Å². The van der Waals surface area contributed by atoms with E-state index in [1.807, 2.05) is 0 Å². The second-order valence-corrected chi connectivity index (χ2v) is 14.3. The number of fused-ring (bicyclic) bond motifs is 7. The highest BCUT2D eigenvalue weighted by atomic mass is 14.7. The van der Waals surface area contributed by atoms with Gasteiger partial charge in [0.15, 0.2) is 0 Å². The Kier molecular flexibility index (Phi) is 4.52. The van der Waals surface area contributed by atoms with Crippen molar-refractivity contribution < 1.29 is 0 Å². The predicted molar refractivity (Wildman–Crippen MR) is 125 cm³/mol. The first-order valence-electron chi connectivity index (χ1n) is 13.5. The van der Waals surface area contributed by atoms with Crippen molar-refractivity contribution in [2.45, 2.75) is 126 Å². The molecule has 0 heteroatoms. The monoisotopic (exact) mass is 398 g/mol. The molecule has 0 aromatic rings. The molecule has 9 atom stereocenters. The summed E-state index contributed by atoms with van der Waals surface area (Å²) in [6, 6.07) is 0. The summed E-state index contributed by atoms with van der Waals surface area (Å²) in [6.07, 6.45) is 18.1. The Hall–Kier alpha value is 0. The van der Waals surface area contributed by atoms with Gasteiger partial charge in [0.1, 0.15) is 0 Å². The third-order valence-corrected chi connectivity index (χ3v) is 13.4. The second kappa shape index (κ2) is 6.28. The van der Waals surface area contributed by atoms with E-state index in [1.54, 1.807) is 12.8 Å². The molecular weight excluding hydrogens is 348 g/mol. The number of hydrogen-bond acceptors (Lipinski definition) is 0. The predicted octanol–water partition coefficient (Wildman–Crippen LogP) is 8.89. The Bertz CT molecular complexity index is 661. The lowest BCUT2D eigenvalue weighted by Gasteiger charge is -2.73.